The largest absolute Gasteiger partial charge is 0.384 e. The highest BCUT2D eigenvalue weighted by Crippen LogP contribution is 2.47. The quantitative estimate of drug-likeness (QED) is 0.407. The van der Waals surface area contributed by atoms with Crippen LogP contribution in [0.3, 0.4) is 0 Å². The third kappa shape index (κ3) is 3.85. The highest BCUT2D eigenvalue weighted by atomic mass is 16.2. The highest BCUT2D eigenvalue weighted by molar-refractivity contribution is 5.95. The Kier molecular flexibility index (Phi) is 4.52. The van der Waals surface area contributed by atoms with Gasteiger partial charge in [-0.15, -0.1) is 0 Å². The van der Waals surface area contributed by atoms with Crippen molar-refractivity contribution in [3.63, 3.8) is 0 Å². The molecular formula is C19H21N5O. The average molecular weight is 335 g/mol. The molecule has 0 aliphatic heterocycles. The van der Waals surface area contributed by atoms with Crippen LogP contribution in [0.5, 0.6) is 0 Å². The Labute approximate surface area is 146 Å². The van der Waals surface area contributed by atoms with Gasteiger partial charge in [0.15, 0.2) is 0 Å². The third-order valence-corrected chi connectivity index (χ3v) is 4.46. The van der Waals surface area contributed by atoms with E-state index in [0.717, 1.165) is 17.5 Å². The van der Waals surface area contributed by atoms with Crippen LogP contribution in [0, 0.1) is 16.7 Å². The van der Waals surface area contributed by atoms with E-state index in [1.165, 1.54) is 0 Å². The lowest BCUT2D eigenvalue weighted by Crippen LogP contribution is -2.25. The molecule has 0 aromatic heterocycles. The topological polar surface area (TPSA) is 129 Å². The van der Waals surface area contributed by atoms with Gasteiger partial charge in [0.05, 0.1) is 0 Å². The minimum Gasteiger partial charge on any atom is -0.384 e. The normalized spacial score (nSPS) is 18.4. The second-order valence-corrected chi connectivity index (χ2v) is 6.32. The van der Waals surface area contributed by atoms with Gasteiger partial charge in [-0.25, -0.2) is 0 Å². The molecule has 2 aromatic rings. The molecule has 2 aromatic carbocycles. The second kappa shape index (κ2) is 6.76. The van der Waals surface area contributed by atoms with Gasteiger partial charge in [-0.05, 0) is 35.6 Å². The zero-order chi connectivity index (χ0) is 18.0. The molecule has 0 saturated heterocycles. The molecule has 1 amide bonds. The summed E-state index contributed by atoms with van der Waals surface area (Å²) in [5.41, 5.74) is 14.3. The summed E-state index contributed by atoms with van der Waals surface area (Å²) >= 11 is 0. The Morgan fingerprint density at radius 2 is 1.68 bits per heavy atom. The number of rotatable bonds is 6. The number of nitrogens with one attached hydrogen (secondary N) is 3. The van der Waals surface area contributed by atoms with E-state index in [4.69, 9.17) is 22.3 Å². The van der Waals surface area contributed by atoms with Crippen molar-refractivity contribution in [3.05, 3.63) is 70.8 Å². The number of hydrogen-bond donors (Lipinski definition) is 5. The van der Waals surface area contributed by atoms with Crippen LogP contribution in [0.2, 0.25) is 0 Å². The van der Waals surface area contributed by atoms with Crippen molar-refractivity contribution in [2.45, 2.75) is 18.9 Å². The first-order valence-corrected chi connectivity index (χ1v) is 8.11. The molecule has 1 aliphatic carbocycles. The maximum Gasteiger partial charge on any atom is 0.224 e. The molecule has 25 heavy (non-hydrogen) atoms. The average Bonchev–Trinajstić information content (AvgIpc) is 3.41. The number of amides is 1. The van der Waals surface area contributed by atoms with Crippen molar-refractivity contribution in [1.82, 2.24) is 5.32 Å². The van der Waals surface area contributed by atoms with E-state index >= 15 is 0 Å². The van der Waals surface area contributed by atoms with E-state index in [-0.39, 0.29) is 29.4 Å². The molecular weight excluding hydrogens is 314 g/mol. The molecule has 2 atom stereocenters. The number of hydrogen-bond acceptors (Lipinski definition) is 3. The Hall–Kier alpha value is -3.15. The number of nitrogen functional groups attached to an aromatic ring is 2. The summed E-state index contributed by atoms with van der Waals surface area (Å²) in [7, 11) is 0. The van der Waals surface area contributed by atoms with Crippen LogP contribution >= 0.6 is 0 Å². The Morgan fingerprint density at radius 3 is 2.36 bits per heavy atom. The highest BCUT2D eigenvalue weighted by Gasteiger charge is 2.43. The number of carbonyl (C=O) groups is 1. The van der Waals surface area contributed by atoms with Crippen LogP contribution in [0.25, 0.3) is 0 Å². The monoisotopic (exact) mass is 335 g/mol. The van der Waals surface area contributed by atoms with Gasteiger partial charge >= 0.3 is 0 Å². The maximum atomic E-state index is 12.4. The molecule has 6 nitrogen and oxygen atoms in total. The fourth-order valence-corrected chi connectivity index (χ4v) is 2.96. The standard InChI is InChI=1S/C19H21N5O/c20-17(21)13-5-1-3-11(7-13)10-24-19(25)16-9-15(16)12-4-2-6-14(8-12)18(22)23/h1-8,15-16H,9-10H2,(H3,20,21)(H3,22,23)(H,24,25)/t15-,16-/m1/s1. The summed E-state index contributed by atoms with van der Waals surface area (Å²) in [5.74, 6) is 0.210. The summed E-state index contributed by atoms with van der Waals surface area (Å²) in [4.78, 5) is 12.4. The molecule has 0 heterocycles. The first kappa shape index (κ1) is 16.7. The van der Waals surface area contributed by atoms with Crippen molar-refractivity contribution >= 4 is 17.6 Å². The zero-order valence-corrected chi connectivity index (χ0v) is 13.8. The predicted molar refractivity (Wildman–Crippen MR) is 97.6 cm³/mol. The van der Waals surface area contributed by atoms with Crippen molar-refractivity contribution in [3.8, 4) is 0 Å². The molecule has 6 heteroatoms. The van der Waals surface area contributed by atoms with E-state index in [1.54, 1.807) is 12.1 Å². The molecule has 0 unspecified atom stereocenters. The Bertz CT molecular complexity index is 845. The van der Waals surface area contributed by atoms with Crippen molar-refractivity contribution < 1.29 is 4.79 Å². The SMILES string of the molecule is N=C(N)c1cccc(CNC(=O)[C@@H]2C[C@@H]2c2cccc(C(=N)N)c2)c1. The molecule has 1 saturated carbocycles. The number of amidine groups is 2. The number of carbonyl (C=O) groups excluding carboxylic acids is 1. The summed E-state index contributed by atoms with van der Waals surface area (Å²) < 4.78 is 0. The van der Waals surface area contributed by atoms with E-state index in [0.29, 0.717) is 17.7 Å². The number of nitrogens with two attached hydrogens (primary N) is 2. The molecule has 1 aliphatic rings. The summed E-state index contributed by atoms with van der Waals surface area (Å²) in [6.45, 7) is 0.413. The fraction of sp³-hybridized carbons (Fsp3) is 0.211. The Morgan fingerprint density at radius 1 is 1.04 bits per heavy atom. The fourth-order valence-electron chi connectivity index (χ4n) is 2.96. The molecule has 3 rings (SSSR count). The van der Waals surface area contributed by atoms with Gasteiger partial charge in [-0.1, -0.05) is 36.4 Å². The summed E-state index contributed by atoms with van der Waals surface area (Å²) in [6.07, 6.45) is 0.806. The molecule has 128 valence electrons. The van der Waals surface area contributed by atoms with E-state index < -0.39 is 0 Å². The second-order valence-electron chi connectivity index (χ2n) is 6.32. The summed E-state index contributed by atoms with van der Waals surface area (Å²) in [5, 5.41) is 17.9. The first-order chi connectivity index (χ1) is 12.0. The molecule has 1 fully saturated rings. The van der Waals surface area contributed by atoms with Crippen molar-refractivity contribution in [1.29, 1.82) is 10.8 Å². The van der Waals surface area contributed by atoms with Crippen molar-refractivity contribution in [2.24, 2.45) is 17.4 Å². The molecule has 0 spiro atoms. The third-order valence-electron chi connectivity index (χ3n) is 4.46. The van der Waals surface area contributed by atoms with Gasteiger partial charge < -0.3 is 16.8 Å². The van der Waals surface area contributed by atoms with E-state index in [1.807, 2.05) is 36.4 Å². The summed E-state index contributed by atoms with van der Waals surface area (Å²) in [6, 6.07) is 14.8. The molecule has 0 bridgehead atoms. The lowest BCUT2D eigenvalue weighted by molar-refractivity contribution is -0.122. The van der Waals surface area contributed by atoms with E-state index in [2.05, 4.69) is 5.32 Å². The number of benzene rings is 2. The van der Waals surface area contributed by atoms with Gasteiger partial charge in [0, 0.05) is 23.6 Å². The van der Waals surface area contributed by atoms with Crippen LogP contribution < -0.4 is 16.8 Å². The van der Waals surface area contributed by atoms with Gasteiger partial charge in [-0.2, -0.15) is 0 Å². The van der Waals surface area contributed by atoms with Gasteiger partial charge in [0.1, 0.15) is 11.7 Å². The van der Waals surface area contributed by atoms with Crippen LogP contribution in [0.15, 0.2) is 48.5 Å². The minimum absolute atomic E-state index is 0.0146. The Balaban J connectivity index is 1.59. The van der Waals surface area contributed by atoms with Gasteiger partial charge in [0.2, 0.25) is 5.91 Å². The van der Waals surface area contributed by atoms with Crippen LogP contribution in [-0.2, 0) is 11.3 Å². The van der Waals surface area contributed by atoms with Crippen LogP contribution in [0.4, 0.5) is 0 Å². The minimum atomic E-state index is -0.0433. The predicted octanol–water partition coefficient (Wildman–Crippen LogP) is 1.67. The molecule has 7 N–H and O–H groups in total. The van der Waals surface area contributed by atoms with Gasteiger partial charge in [0.25, 0.3) is 0 Å². The molecule has 0 radical (unpaired) electrons. The smallest absolute Gasteiger partial charge is 0.224 e. The lowest BCUT2D eigenvalue weighted by atomic mass is 10.0. The van der Waals surface area contributed by atoms with E-state index in [9.17, 15) is 4.79 Å². The van der Waals surface area contributed by atoms with Crippen molar-refractivity contribution in [2.75, 3.05) is 0 Å². The zero-order valence-electron chi connectivity index (χ0n) is 13.8. The maximum absolute atomic E-state index is 12.4. The van der Waals surface area contributed by atoms with Crippen LogP contribution in [0.1, 0.15) is 34.6 Å². The van der Waals surface area contributed by atoms with Crippen LogP contribution in [-0.4, -0.2) is 17.6 Å². The first-order valence-electron chi connectivity index (χ1n) is 8.11. The lowest BCUT2D eigenvalue weighted by Gasteiger charge is -2.07. The van der Waals surface area contributed by atoms with Gasteiger partial charge in [-0.3, -0.25) is 15.6 Å².